The zero-order valence-electron chi connectivity index (χ0n) is 14.1. The minimum atomic E-state index is -0.0933. The molecule has 6 heteroatoms. The van der Waals surface area contributed by atoms with Gasteiger partial charge in [-0.1, -0.05) is 24.3 Å². The Kier molecular flexibility index (Phi) is 4.61. The van der Waals surface area contributed by atoms with Crippen LogP contribution in [0.2, 0.25) is 0 Å². The van der Waals surface area contributed by atoms with Gasteiger partial charge in [0.2, 0.25) is 11.9 Å². The molecule has 1 amide bonds. The highest BCUT2D eigenvalue weighted by molar-refractivity contribution is 5.89. The van der Waals surface area contributed by atoms with Crippen LogP contribution >= 0.6 is 0 Å². The first-order chi connectivity index (χ1) is 12.0. The maximum absolute atomic E-state index is 11.2. The van der Waals surface area contributed by atoms with Gasteiger partial charge in [0, 0.05) is 30.1 Å². The predicted molar refractivity (Wildman–Crippen MR) is 101 cm³/mol. The Morgan fingerprint density at radius 3 is 2.24 bits per heavy atom. The van der Waals surface area contributed by atoms with Crippen LogP contribution < -0.4 is 16.4 Å². The Hall–Kier alpha value is -3.41. The molecule has 0 unspecified atom stereocenters. The molecule has 0 aliphatic heterocycles. The van der Waals surface area contributed by atoms with Crippen LogP contribution in [0.1, 0.15) is 12.6 Å². The number of carbonyl (C=O) groups excluding carboxylic acids is 1. The van der Waals surface area contributed by atoms with Crippen molar-refractivity contribution in [3.05, 3.63) is 60.3 Å². The monoisotopic (exact) mass is 333 g/mol. The Morgan fingerprint density at radius 1 is 0.960 bits per heavy atom. The summed E-state index contributed by atoms with van der Waals surface area (Å²) in [5.41, 5.74) is 10.2. The molecule has 0 saturated heterocycles. The summed E-state index contributed by atoms with van der Waals surface area (Å²) < 4.78 is 0. The van der Waals surface area contributed by atoms with E-state index in [0.29, 0.717) is 5.82 Å². The lowest BCUT2D eigenvalue weighted by atomic mass is 10.0. The number of aromatic nitrogens is 2. The maximum atomic E-state index is 11.2. The van der Waals surface area contributed by atoms with Crippen molar-refractivity contribution in [1.29, 1.82) is 0 Å². The molecule has 0 aliphatic carbocycles. The van der Waals surface area contributed by atoms with Crippen LogP contribution in [0.3, 0.4) is 0 Å². The van der Waals surface area contributed by atoms with Gasteiger partial charge in [0.15, 0.2) is 0 Å². The van der Waals surface area contributed by atoms with Crippen molar-refractivity contribution in [3.63, 3.8) is 0 Å². The van der Waals surface area contributed by atoms with Crippen LogP contribution in [0.5, 0.6) is 0 Å². The van der Waals surface area contributed by atoms with Crippen LogP contribution in [0, 0.1) is 6.92 Å². The van der Waals surface area contributed by atoms with E-state index >= 15 is 0 Å². The zero-order valence-corrected chi connectivity index (χ0v) is 14.1. The molecule has 0 bridgehead atoms. The third-order valence-electron chi connectivity index (χ3n) is 3.52. The first-order valence-corrected chi connectivity index (χ1v) is 7.86. The second-order valence-corrected chi connectivity index (χ2v) is 5.72. The number of nitrogens with one attached hydrogen (secondary N) is 2. The number of carbonyl (C=O) groups is 1. The molecule has 0 aliphatic rings. The van der Waals surface area contributed by atoms with Crippen LogP contribution in [0.4, 0.5) is 23.1 Å². The molecule has 0 radical (unpaired) electrons. The number of amides is 1. The molecule has 0 atom stereocenters. The van der Waals surface area contributed by atoms with Crippen molar-refractivity contribution in [2.75, 3.05) is 16.4 Å². The standard InChI is InChI=1S/C19H19N5O/c1-12-9-18(24-19(20)21-12)23-17-8-4-6-15(11-17)14-5-3-7-16(10-14)22-13(2)25/h3-11H,1-2H3,(H,22,25)(H3,20,21,23,24). The minimum absolute atomic E-state index is 0.0933. The number of nitrogens with zero attached hydrogens (tertiary/aromatic N) is 2. The van der Waals surface area contributed by atoms with E-state index in [9.17, 15) is 4.79 Å². The summed E-state index contributed by atoms with van der Waals surface area (Å²) in [6, 6.07) is 17.5. The van der Waals surface area contributed by atoms with E-state index in [1.807, 2.05) is 61.5 Å². The Labute approximate surface area is 146 Å². The van der Waals surface area contributed by atoms with E-state index in [4.69, 9.17) is 5.73 Å². The van der Waals surface area contributed by atoms with Crippen molar-refractivity contribution >= 4 is 29.0 Å². The van der Waals surface area contributed by atoms with Crippen molar-refractivity contribution in [3.8, 4) is 11.1 Å². The van der Waals surface area contributed by atoms with Crippen LogP contribution in [0.25, 0.3) is 11.1 Å². The lowest BCUT2D eigenvalue weighted by Gasteiger charge is -2.10. The fourth-order valence-electron chi connectivity index (χ4n) is 2.56. The average Bonchev–Trinajstić information content (AvgIpc) is 2.54. The van der Waals surface area contributed by atoms with E-state index in [0.717, 1.165) is 28.2 Å². The molecule has 0 fully saturated rings. The number of aryl methyl sites for hydroxylation is 1. The highest BCUT2D eigenvalue weighted by Crippen LogP contribution is 2.26. The van der Waals surface area contributed by atoms with Gasteiger partial charge in [-0.3, -0.25) is 4.79 Å². The molecule has 2 aromatic carbocycles. The van der Waals surface area contributed by atoms with Gasteiger partial charge >= 0.3 is 0 Å². The second-order valence-electron chi connectivity index (χ2n) is 5.72. The van der Waals surface area contributed by atoms with Gasteiger partial charge < -0.3 is 16.4 Å². The smallest absolute Gasteiger partial charge is 0.222 e. The first kappa shape index (κ1) is 16.4. The predicted octanol–water partition coefficient (Wildman–Crippen LogP) is 3.74. The molecule has 4 N–H and O–H groups in total. The van der Waals surface area contributed by atoms with Crippen molar-refractivity contribution in [2.45, 2.75) is 13.8 Å². The van der Waals surface area contributed by atoms with Crippen molar-refractivity contribution in [1.82, 2.24) is 9.97 Å². The summed E-state index contributed by atoms with van der Waals surface area (Å²) in [7, 11) is 0. The van der Waals surface area contributed by atoms with Crippen molar-refractivity contribution in [2.24, 2.45) is 0 Å². The fourth-order valence-corrected chi connectivity index (χ4v) is 2.56. The van der Waals surface area contributed by atoms with Gasteiger partial charge in [0.25, 0.3) is 0 Å². The fraction of sp³-hybridized carbons (Fsp3) is 0.105. The molecular weight excluding hydrogens is 314 g/mol. The molecule has 0 spiro atoms. The number of rotatable bonds is 4. The highest BCUT2D eigenvalue weighted by atomic mass is 16.1. The zero-order chi connectivity index (χ0) is 17.8. The highest BCUT2D eigenvalue weighted by Gasteiger charge is 2.04. The summed E-state index contributed by atoms with van der Waals surface area (Å²) in [6.45, 7) is 3.36. The molecule has 0 saturated carbocycles. The third kappa shape index (κ3) is 4.32. The van der Waals surface area contributed by atoms with Gasteiger partial charge in [-0.05, 0) is 42.3 Å². The molecular formula is C19H19N5O. The average molecular weight is 333 g/mol. The number of nitrogen functional groups attached to an aromatic ring is 1. The van der Waals surface area contributed by atoms with Crippen molar-refractivity contribution < 1.29 is 4.79 Å². The quantitative estimate of drug-likeness (QED) is 0.676. The van der Waals surface area contributed by atoms with E-state index < -0.39 is 0 Å². The molecule has 3 rings (SSSR count). The molecule has 25 heavy (non-hydrogen) atoms. The van der Waals surface area contributed by atoms with Crippen LogP contribution in [-0.2, 0) is 4.79 Å². The molecule has 1 heterocycles. The molecule has 3 aromatic rings. The molecule has 1 aromatic heterocycles. The van der Waals surface area contributed by atoms with Crippen LogP contribution in [-0.4, -0.2) is 15.9 Å². The molecule has 6 nitrogen and oxygen atoms in total. The van der Waals surface area contributed by atoms with E-state index in [1.54, 1.807) is 0 Å². The van der Waals surface area contributed by atoms with E-state index in [2.05, 4.69) is 20.6 Å². The van der Waals surface area contributed by atoms with Gasteiger partial charge in [-0.2, -0.15) is 4.98 Å². The largest absolute Gasteiger partial charge is 0.368 e. The van der Waals surface area contributed by atoms with E-state index in [-0.39, 0.29) is 11.9 Å². The van der Waals surface area contributed by atoms with Gasteiger partial charge in [-0.25, -0.2) is 4.98 Å². The van der Waals surface area contributed by atoms with Gasteiger partial charge in [-0.15, -0.1) is 0 Å². The lowest BCUT2D eigenvalue weighted by Crippen LogP contribution is -2.05. The van der Waals surface area contributed by atoms with E-state index in [1.165, 1.54) is 6.92 Å². The normalized spacial score (nSPS) is 10.3. The number of anilines is 4. The minimum Gasteiger partial charge on any atom is -0.368 e. The number of benzene rings is 2. The van der Waals surface area contributed by atoms with Gasteiger partial charge in [0.1, 0.15) is 5.82 Å². The summed E-state index contributed by atoms with van der Waals surface area (Å²) >= 11 is 0. The lowest BCUT2D eigenvalue weighted by molar-refractivity contribution is -0.114. The second kappa shape index (κ2) is 7.00. The number of nitrogens with two attached hydrogens (primary N) is 1. The van der Waals surface area contributed by atoms with Crippen LogP contribution in [0.15, 0.2) is 54.6 Å². The maximum Gasteiger partial charge on any atom is 0.222 e. The number of hydrogen-bond donors (Lipinski definition) is 3. The Balaban J connectivity index is 1.87. The summed E-state index contributed by atoms with van der Waals surface area (Å²) in [5.74, 6) is 0.792. The Morgan fingerprint density at radius 2 is 1.60 bits per heavy atom. The number of hydrogen-bond acceptors (Lipinski definition) is 5. The SMILES string of the molecule is CC(=O)Nc1cccc(-c2cccc(Nc3cc(C)nc(N)n3)c2)c1. The van der Waals surface area contributed by atoms with Gasteiger partial charge in [0.05, 0.1) is 0 Å². The topological polar surface area (TPSA) is 92.9 Å². The first-order valence-electron chi connectivity index (χ1n) is 7.86. The third-order valence-corrected chi connectivity index (χ3v) is 3.52. The summed E-state index contributed by atoms with van der Waals surface area (Å²) in [4.78, 5) is 19.5. The summed E-state index contributed by atoms with van der Waals surface area (Å²) in [5, 5.41) is 6.04. The Bertz CT molecular complexity index is 903. The molecule has 126 valence electrons. The summed E-state index contributed by atoms with van der Waals surface area (Å²) in [6.07, 6.45) is 0.